The van der Waals surface area contributed by atoms with Crippen molar-refractivity contribution in [1.82, 2.24) is 20.8 Å². The van der Waals surface area contributed by atoms with Crippen LogP contribution >= 0.6 is 0 Å². The largest absolute Gasteiger partial charge is 0.331 e. The molecule has 166 valence electrons. The van der Waals surface area contributed by atoms with E-state index in [0.29, 0.717) is 22.8 Å². The summed E-state index contributed by atoms with van der Waals surface area (Å²) in [6.07, 6.45) is 3.25. The van der Waals surface area contributed by atoms with Crippen molar-refractivity contribution in [3.8, 4) is 0 Å². The highest BCUT2D eigenvalue weighted by molar-refractivity contribution is 6.35. The summed E-state index contributed by atoms with van der Waals surface area (Å²) >= 11 is 0. The molecule has 2 N–H and O–H groups in total. The molecule has 2 heterocycles. The zero-order chi connectivity index (χ0) is 23.6. The average molecular weight is 448 g/mol. The van der Waals surface area contributed by atoms with Crippen molar-refractivity contribution < 1.29 is 9.59 Å². The first-order chi connectivity index (χ1) is 16.7. The van der Waals surface area contributed by atoms with E-state index in [2.05, 4.69) is 31.0 Å². The van der Waals surface area contributed by atoms with Crippen molar-refractivity contribution in [3.63, 3.8) is 0 Å². The molecule has 0 unspecified atom stereocenters. The van der Waals surface area contributed by atoms with Gasteiger partial charge in [0.15, 0.2) is 0 Å². The van der Waals surface area contributed by atoms with Gasteiger partial charge < -0.3 is 0 Å². The Morgan fingerprint density at radius 1 is 0.529 bits per heavy atom. The standard InChI is InChI=1S/C26H20N6O2/c33-25(31-29-23(19-11-3-1-4-12-19)21-15-7-9-17-27-21)26(34)32-30-24(20-13-5-2-6-14-20)22-16-8-10-18-28-22/h1-18H,(H,31,33)(H,32,34). The quantitative estimate of drug-likeness (QED) is 0.269. The molecule has 8 heteroatoms. The lowest BCUT2D eigenvalue weighted by Gasteiger charge is -2.08. The van der Waals surface area contributed by atoms with Gasteiger partial charge in [0.2, 0.25) is 0 Å². The van der Waals surface area contributed by atoms with Crippen LogP contribution in [0.5, 0.6) is 0 Å². The number of nitrogens with zero attached hydrogens (tertiary/aromatic N) is 4. The molecule has 0 saturated heterocycles. The van der Waals surface area contributed by atoms with Gasteiger partial charge in [-0.1, -0.05) is 72.8 Å². The Balaban J connectivity index is 1.54. The second-order valence-corrected chi connectivity index (χ2v) is 6.96. The molecule has 0 bridgehead atoms. The maximum Gasteiger partial charge on any atom is 0.331 e. The normalized spacial score (nSPS) is 11.5. The highest BCUT2D eigenvalue weighted by Gasteiger charge is 2.16. The number of benzene rings is 2. The molecule has 0 radical (unpaired) electrons. The van der Waals surface area contributed by atoms with E-state index in [0.717, 1.165) is 11.1 Å². The summed E-state index contributed by atoms with van der Waals surface area (Å²) in [5.41, 5.74) is 8.01. The van der Waals surface area contributed by atoms with Gasteiger partial charge in [-0.3, -0.25) is 19.6 Å². The first-order valence-electron chi connectivity index (χ1n) is 10.4. The lowest BCUT2D eigenvalue weighted by Crippen LogP contribution is -2.36. The molecule has 2 aromatic carbocycles. The van der Waals surface area contributed by atoms with Gasteiger partial charge in [0.25, 0.3) is 0 Å². The van der Waals surface area contributed by atoms with E-state index in [9.17, 15) is 9.59 Å². The van der Waals surface area contributed by atoms with Crippen molar-refractivity contribution in [2.45, 2.75) is 0 Å². The maximum atomic E-state index is 12.5. The van der Waals surface area contributed by atoms with E-state index >= 15 is 0 Å². The Kier molecular flexibility index (Phi) is 7.22. The number of aromatic nitrogens is 2. The summed E-state index contributed by atoms with van der Waals surface area (Å²) in [6.45, 7) is 0. The number of carbonyl (C=O) groups is 2. The number of rotatable bonds is 6. The fourth-order valence-corrected chi connectivity index (χ4v) is 3.05. The average Bonchev–Trinajstić information content (AvgIpc) is 2.91. The third-order valence-electron chi connectivity index (χ3n) is 4.65. The number of hydrogen-bond acceptors (Lipinski definition) is 6. The zero-order valence-electron chi connectivity index (χ0n) is 18.0. The van der Waals surface area contributed by atoms with Crippen LogP contribution in [-0.2, 0) is 9.59 Å². The summed E-state index contributed by atoms with van der Waals surface area (Å²) in [6, 6.07) is 29.2. The number of carbonyl (C=O) groups excluding carboxylic acids is 2. The molecule has 2 aromatic heterocycles. The van der Waals surface area contributed by atoms with Crippen molar-refractivity contribution in [2.75, 3.05) is 0 Å². The molecule has 34 heavy (non-hydrogen) atoms. The third kappa shape index (κ3) is 5.63. The molecule has 0 aliphatic heterocycles. The van der Waals surface area contributed by atoms with Crippen LogP contribution in [0.1, 0.15) is 22.5 Å². The second-order valence-electron chi connectivity index (χ2n) is 6.96. The minimum atomic E-state index is -0.971. The Labute approximate surface area is 196 Å². The van der Waals surface area contributed by atoms with Crippen LogP contribution < -0.4 is 10.9 Å². The number of nitrogens with one attached hydrogen (secondary N) is 2. The van der Waals surface area contributed by atoms with Crippen molar-refractivity contribution in [2.24, 2.45) is 10.2 Å². The molecule has 0 spiro atoms. The molecule has 0 aliphatic carbocycles. The van der Waals surface area contributed by atoms with Gasteiger partial charge in [-0.15, -0.1) is 0 Å². The van der Waals surface area contributed by atoms with E-state index in [4.69, 9.17) is 0 Å². The Bertz CT molecular complexity index is 1120. The monoisotopic (exact) mass is 448 g/mol. The molecule has 0 fully saturated rings. The molecule has 0 atom stereocenters. The van der Waals surface area contributed by atoms with Gasteiger partial charge in [-0.05, 0) is 24.3 Å². The summed E-state index contributed by atoms with van der Waals surface area (Å²) in [5, 5.41) is 8.32. The first-order valence-corrected chi connectivity index (χ1v) is 10.4. The Hall–Kier alpha value is -4.98. The first kappa shape index (κ1) is 22.2. The predicted octanol–water partition coefficient (Wildman–Crippen LogP) is 2.91. The van der Waals surface area contributed by atoms with Gasteiger partial charge in [-0.2, -0.15) is 10.2 Å². The van der Waals surface area contributed by atoms with E-state index in [1.54, 1.807) is 36.7 Å². The van der Waals surface area contributed by atoms with Crippen LogP contribution in [0, 0.1) is 0 Å². The van der Waals surface area contributed by atoms with Crippen molar-refractivity contribution >= 4 is 23.2 Å². The SMILES string of the molecule is O=C(NN=C(c1ccccc1)c1ccccn1)C(=O)NN=C(c1ccccc1)c1ccccn1. The highest BCUT2D eigenvalue weighted by Crippen LogP contribution is 2.09. The fourth-order valence-electron chi connectivity index (χ4n) is 3.05. The second kappa shape index (κ2) is 11.1. The Morgan fingerprint density at radius 2 is 0.912 bits per heavy atom. The van der Waals surface area contributed by atoms with Crippen molar-refractivity contribution in [1.29, 1.82) is 0 Å². The van der Waals surface area contributed by atoms with Crippen LogP contribution in [0.4, 0.5) is 0 Å². The molecule has 4 aromatic rings. The minimum absolute atomic E-state index is 0.421. The number of hydrogen-bond donors (Lipinski definition) is 2. The summed E-state index contributed by atoms with van der Waals surface area (Å²) < 4.78 is 0. The molecule has 0 aliphatic rings. The zero-order valence-corrected chi connectivity index (χ0v) is 18.0. The summed E-state index contributed by atoms with van der Waals surface area (Å²) in [5.74, 6) is -1.94. The van der Waals surface area contributed by atoms with Crippen LogP contribution in [0.2, 0.25) is 0 Å². The van der Waals surface area contributed by atoms with Crippen LogP contribution in [-0.4, -0.2) is 33.2 Å². The minimum Gasteiger partial charge on any atom is -0.262 e. The molecule has 0 saturated carbocycles. The van der Waals surface area contributed by atoms with Crippen LogP contribution in [0.3, 0.4) is 0 Å². The van der Waals surface area contributed by atoms with Gasteiger partial charge in [0.05, 0.1) is 11.4 Å². The van der Waals surface area contributed by atoms with Gasteiger partial charge >= 0.3 is 11.8 Å². The molecular formula is C26H20N6O2. The van der Waals surface area contributed by atoms with Crippen LogP contribution in [0.15, 0.2) is 120 Å². The van der Waals surface area contributed by atoms with Gasteiger partial charge in [-0.25, -0.2) is 10.9 Å². The number of pyridine rings is 2. The highest BCUT2D eigenvalue weighted by atomic mass is 16.2. The molecule has 4 rings (SSSR count). The summed E-state index contributed by atoms with van der Waals surface area (Å²) in [4.78, 5) is 33.5. The summed E-state index contributed by atoms with van der Waals surface area (Å²) in [7, 11) is 0. The maximum absolute atomic E-state index is 12.5. The van der Waals surface area contributed by atoms with Crippen LogP contribution in [0.25, 0.3) is 0 Å². The number of hydrazone groups is 2. The van der Waals surface area contributed by atoms with Crippen molar-refractivity contribution in [3.05, 3.63) is 132 Å². The lowest BCUT2D eigenvalue weighted by atomic mass is 10.1. The lowest BCUT2D eigenvalue weighted by molar-refractivity contribution is -0.139. The number of amides is 2. The van der Waals surface area contributed by atoms with Gasteiger partial charge in [0.1, 0.15) is 11.4 Å². The third-order valence-corrected chi connectivity index (χ3v) is 4.65. The van der Waals surface area contributed by atoms with Gasteiger partial charge in [0, 0.05) is 23.5 Å². The molecule has 8 nitrogen and oxygen atoms in total. The molecular weight excluding hydrogens is 428 g/mol. The van der Waals surface area contributed by atoms with E-state index in [1.807, 2.05) is 72.8 Å². The Morgan fingerprint density at radius 3 is 1.26 bits per heavy atom. The topological polar surface area (TPSA) is 109 Å². The van der Waals surface area contributed by atoms with E-state index in [-0.39, 0.29) is 0 Å². The molecule has 2 amide bonds. The van der Waals surface area contributed by atoms with E-state index < -0.39 is 11.8 Å². The fraction of sp³-hybridized carbons (Fsp3) is 0. The predicted molar refractivity (Wildman–Crippen MR) is 129 cm³/mol. The van der Waals surface area contributed by atoms with E-state index in [1.165, 1.54) is 0 Å². The smallest absolute Gasteiger partial charge is 0.262 e.